The largest absolute Gasteiger partial charge is 0.501 e. The van der Waals surface area contributed by atoms with Gasteiger partial charge in [-0.05, 0) is 58.1 Å². The molecular formula is C32H36N8O3. The molecule has 0 bridgehead atoms. The van der Waals surface area contributed by atoms with Crippen molar-refractivity contribution in [1.29, 1.82) is 0 Å². The van der Waals surface area contributed by atoms with Gasteiger partial charge in [0.2, 0.25) is 0 Å². The molecule has 5 aromatic rings. The number of aromatic nitrogens is 7. The lowest BCUT2D eigenvalue weighted by Gasteiger charge is -2.19. The molecule has 0 saturated heterocycles. The number of hydrogen-bond donors (Lipinski definition) is 1. The Morgan fingerprint density at radius 2 is 1.77 bits per heavy atom. The topological polar surface area (TPSA) is 140 Å². The fourth-order valence-electron chi connectivity index (χ4n) is 4.81. The highest BCUT2D eigenvalue weighted by Gasteiger charge is 2.36. The van der Waals surface area contributed by atoms with Gasteiger partial charge in [-0.3, -0.25) is 0 Å². The van der Waals surface area contributed by atoms with Gasteiger partial charge < -0.3 is 19.7 Å². The van der Waals surface area contributed by atoms with Crippen molar-refractivity contribution in [3.63, 3.8) is 0 Å². The van der Waals surface area contributed by atoms with Crippen LogP contribution in [0.25, 0.3) is 39.9 Å². The molecular weight excluding hydrogens is 544 g/mol. The molecule has 11 heteroatoms. The summed E-state index contributed by atoms with van der Waals surface area (Å²) in [5.74, 6) is 1.89. The summed E-state index contributed by atoms with van der Waals surface area (Å²) in [5, 5.41) is 10.00. The van der Waals surface area contributed by atoms with Gasteiger partial charge in [0, 0.05) is 30.5 Å². The zero-order valence-corrected chi connectivity index (χ0v) is 24.7. The first-order chi connectivity index (χ1) is 20.9. The van der Waals surface area contributed by atoms with Crippen molar-refractivity contribution >= 4 is 22.9 Å². The molecule has 1 aliphatic rings. The van der Waals surface area contributed by atoms with Crippen LogP contribution in [0.5, 0.6) is 0 Å². The van der Waals surface area contributed by atoms with Crippen molar-refractivity contribution < 1.29 is 14.0 Å². The van der Waals surface area contributed by atoms with Gasteiger partial charge in [-0.1, -0.05) is 35.5 Å². The fourth-order valence-corrected chi connectivity index (χ4v) is 4.81. The number of unbranched alkanes of at least 4 members (excludes halogenated alkanes) is 1. The van der Waals surface area contributed by atoms with E-state index in [1.54, 1.807) is 18.7 Å². The predicted octanol–water partition coefficient (Wildman–Crippen LogP) is 6.14. The van der Waals surface area contributed by atoms with Crippen LogP contribution in [0, 0.1) is 0 Å². The molecule has 1 saturated carbocycles. The first-order valence-electron chi connectivity index (χ1n) is 14.6. The third-order valence-corrected chi connectivity index (χ3v) is 7.18. The molecule has 0 radical (unpaired) electrons. The van der Waals surface area contributed by atoms with Gasteiger partial charge in [0.1, 0.15) is 23.5 Å². The van der Waals surface area contributed by atoms with E-state index in [1.807, 2.05) is 29.0 Å². The van der Waals surface area contributed by atoms with Crippen LogP contribution in [-0.2, 0) is 21.6 Å². The van der Waals surface area contributed by atoms with Crippen LogP contribution in [-0.4, -0.2) is 48.1 Å². The zero-order chi connectivity index (χ0) is 29.8. The Bertz CT molecular complexity index is 1700. The highest BCUT2D eigenvalue weighted by atomic mass is 16.5. The van der Waals surface area contributed by atoms with Gasteiger partial charge in [-0.15, -0.1) is 0 Å². The number of benzene rings is 1. The second kappa shape index (κ2) is 12.3. The number of fused-ring (bicyclic) bond motifs is 1. The summed E-state index contributed by atoms with van der Waals surface area (Å²) in [7, 11) is 0. The van der Waals surface area contributed by atoms with Crippen molar-refractivity contribution in [3.8, 4) is 22.8 Å². The van der Waals surface area contributed by atoms with E-state index in [4.69, 9.17) is 24.8 Å². The Morgan fingerprint density at radius 1 is 1.00 bits per heavy atom. The predicted molar refractivity (Wildman–Crippen MR) is 164 cm³/mol. The number of nitrogen functional groups attached to an aromatic ring is 1. The van der Waals surface area contributed by atoms with E-state index >= 15 is 0 Å². The molecule has 43 heavy (non-hydrogen) atoms. The van der Waals surface area contributed by atoms with E-state index in [2.05, 4.69) is 58.0 Å². The Hall–Kier alpha value is -4.64. The third kappa shape index (κ3) is 6.41. The molecule has 6 rings (SSSR count). The molecule has 0 aliphatic heterocycles. The first kappa shape index (κ1) is 28.5. The monoisotopic (exact) mass is 580 g/mol. The van der Waals surface area contributed by atoms with Crippen LogP contribution in [0.3, 0.4) is 0 Å². The molecule has 4 aromatic heterocycles. The van der Waals surface area contributed by atoms with Gasteiger partial charge >= 0.3 is 0 Å². The molecule has 222 valence electrons. The molecule has 4 heterocycles. The molecule has 0 unspecified atom stereocenters. The minimum absolute atomic E-state index is 0.279. The van der Waals surface area contributed by atoms with Crippen LogP contribution in [0.4, 0.5) is 5.82 Å². The Balaban J connectivity index is 1.13. The Kier molecular flexibility index (Phi) is 8.15. The minimum atomic E-state index is -0.344. The highest BCUT2D eigenvalue weighted by molar-refractivity contribution is 6.00. The van der Waals surface area contributed by atoms with Crippen LogP contribution in [0.2, 0.25) is 0 Å². The van der Waals surface area contributed by atoms with Gasteiger partial charge in [0.05, 0.1) is 36.0 Å². The van der Waals surface area contributed by atoms with Crippen molar-refractivity contribution in [2.75, 3.05) is 18.9 Å². The fraction of sp³-hybridized carbons (Fsp3) is 0.375. The van der Waals surface area contributed by atoms with E-state index in [0.717, 1.165) is 42.6 Å². The number of nitrogens with two attached hydrogens (primary N) is 1. The zero-order valence-electron chi connectivity index (χ0n) is 24.7. The summed E-state index contributed by atoms with van der Waals surface area (Å²) in [6, 6.07) is 10.2. The molecule has 1 fully saturated rings. The lowest BCUT2D eigenvalue weighted by molar-refractivity contribution is 0.111. The number of hydrogen-bond acceptors (Lipinski definition) is 10. The van der Waals surface area contributed by atoms with Crippen molar-refractivity contribution in [2.45, 2.75) is 64.5 Å². The quantitative estimate of drug-likeness (QED) is 0.135. The Labute approximate surface area is 250 Å². The highest BCUT2D eigenvalue weighted by Crippen LogP contribution is 2.47. The second-order valence-electron chi connectivity index (χ2n) is 11.7. The maximum Gasteiger partial charge on any atom is 0.165 e. The number of nitrogens with zero attached hydrogens (tertiary/aromatic N) is 7. The smallest absolute Gasteiger partial charge is 0.165 e. The molecule has 1 aliphatic carbocycles. The lowest BCUT2D eigenvalue weighted by Crippen LogP contribution is -2.23. The third-order valence-electron chi connectivity index (χ3n) is 7.18. The summed E-state index contributed by atoms with van der Waals surface area (Å²) in [6.45, 7) is 8.12. The molecule has 1 aromatic carbocycles. The van der Waals surface area contributed by atoms with Gasteiger partial charge in [0.15, 0.2) is 17.2 Å². The second-order valence-corrected chi connectivity index (χ2v) is 11.7. The first-order valence-corrected chi connectivity index (χ1v) is 14.6. The average Bonchev–Trinajstić information content (AvgIpc) is 3.62. The maximum atomic E-state index is 6.34. The normalized spacial score (nSPS) is 13.7. The van der Waals surface area contributed by atoms with E-state index in [-0.39, 0.29) is 11.5 Å². The van der Waals surface area contributed by atoms with Crippen LogP contribution in [0.1, 0.15) is 69.3 Å². The molecule has 0 amide bonds. The maximum absolute atomic E-state index is 6.34. The number of rotatable bonds is 12. The van der Waals surface area contributed by atoms with Crippen LogP contribution >= 0.6 is 0 Å². The molecule has 2 N–H and O–H groups in total. The number of anilines is 1. The standard InChI is InChI=1S/C32H36N8O3/c1-32(2,3)40-31-25(29(33)36-20-37-31)26(38-40)27-24(28(43-39-27)23-11-12-23)30-34-17-22(18-35-30)13-16-41-14-7-8-15-42-19-21-9-5-4-6-10-21/h4-6,9-10,13,16-18,20,23H,7-8,11-12,14-15,19H2,1-3H3,(H2,33,36,37)/b16-13+. The van der Waals surface area contributed by atoms with Crippen molar-refractivity contribution in [3.05, 3.63) is 72.2 Å². The van der Waals surface area contributed by atoms with E-state index in [1.165, 1.54) is 11.9 Å². The minimum Gasteiger partial charge on any atom is -0.501 e. The van der Waals surface area contributed by atoms with Crippen LogP contribution in [0.15, 0.2) is 59.8 Å². The van der Waals surface area contributed by atoms with E-state index in [0.29, 0.717) is 53.9 Å². The van der Waals surface area contributed by atoms with Crippen molar-refractivity contribution in [1.82, 2.24) is 34.9 Å². The van der Waals surface area contributed by atoms with Crippen molar-refractivity contribution in [2.24, 2.45) is 0 Å². The summed E-state index contributed by atoms with van der Waals surface area (Å²) in [5.41, 5.74) is 10.5. The van der Waals surface area contributed by atoms with Gasteiger partial charge in [0.25, 0.3) is 0 Å². The summed E-state index contributed by atoms with van der Waals surface area (Å²) in [4.78, 5) is 18.1. The molecule has 11 nitrogen and oxygen atoms in total. The lowest BCUT2D eigenvalue weighted by atomic mass is 10.1. The average molecular weight is 581 g/mol. The van der Waals surface area contributed by atoms with Gasteiger partial charge in [-0.2, -0.15) is 5.10 Å². The SMILES string of the molecule is CC(C)(C)n1nc(-c2noc(C3CC3)c2-c2ncc(/C=C/OCCCCOCc3ccccc3)cn2)c2c(N)ncnc21. The van der Waals surface area contributed by atoms with Crippen LogP contribution < -0.4 is 5.73 Å². The molecule has 0 spiro atoms. The summed E-state index contributed by atoms with van der Waals surface area (Å²) < 4.78 is 19.1. The summed E-state index contributed by atoms with van der Waals surface area (Å²) in [6.07, 6.45) is 12.4. The Morgan fingerprint density at radius 3 is 2.51 bits per heavy atom. The van der Waals surface area contributed by atoms with E-state index < -0.39 is 0 Å². The summed E-state index contributed by atoms with van der Waals surface area (Å²) >= 11 is 0. The van der Waals surface area contributed by atoms with E-state index in [9.17, 15) is 0 Å². The van der Waals surface area contributed by atoms with Gasteiger partial charge in [-0.25, -0.2) is 24.6 Å². The number of ether oxygens (including phenoxy) is 2. The molecule has 0 atom stereocenters.